The van der Waals surface area contributed by atoms with Gasteiger partial charge in [0.05, 0.1) is 5.41 Å². The lowest BCUT2D eigenvalue weighted by Crippen LogP contribution is -2.09. The van der Waals surface area contributed by atoms with E-state index in [1.165, 1.54) is 6.08 Å². The summed E-state index contributed by atoms with van der Waals surface area (Å²) in [4.78, 5) is 0. The monoisotopic (exact) mass is 311 g/mol. The number of aromatic amines is 1. The lowest BCUT2D eigenvalue weighted by atomic mass is 10.2. The fraction of sp³-hybridized carbons (Fsp3) is 0.154. The minimum Gasteiger partial charge on any atom is -0.280 e. The first-order valence-corrected chi connectivity index (χ1v) is 7.92. The van der Waals surface area contributed by atoms with Crippen molar-refractivity contribution in [1.29, 1.82) is 0 Å². The molecule has 0 saturated heterocycles. The van der Waals surface area contributed by atoms with Gasteiger partial charge in [0.25, 0.3) is 10.0 Å². The van der Waals surface area contributed by atoms with Gasteiger partial charge in [0.15, 0.2) is 5.82 Å². The highest BCUT2D eigenvalue weighted by Crippen LogP contribution is 2.13. The van der Waals surface area contributed by atoms with Crippen molar-refractivity contribution in [3.05, 3.63) is 52.0 Å². The van der Waals surface area contributed by atoms with Gasteiger partial charge in [-0.25, -0.2) is 8.42 Å². The van der Waals surface area contributed by atoms with Crippen LogP contribution in [0.1, 0.15) is 18.2 Å². The van der Waals surface area contributed by atoms with Gasteiger partial charge in [0.1, 0.15) is 0 Å². The summed E-state index contributed by atoms with van der Waals surface area (Å²) in [6.07, 6.45) is 2.25. The number of halogens is 1. The summed E-state index contributed by atoms with van der Waals surface area (Å²) in [6, 6.07) is 8.52. The largest absolute Gasteiger partial charge is 0.280 e. The molecule has 7 heteroatoms. The fourth-order valence-electron chi connectivity index (χ4n) is 1.52. The van der Waals surface area contributed by atoms with Gasteiger partial charge in [-0.1, -0.05) is 30.7 Å². The van der Waals surface area contributed by atoms with E-state index < -0.39 is 10.0 Å². The van der Waals surface area contributed by atoms with Crippen molar-refractivity contribution < 1.29 is 8.42 Å². The average molecular weight is 312 g/mol. The van der Waals surface area contributed by atoms with Gasteiger partial charge in [0.2, 0.25) is 0 Å². The lowest BCUT2D eigenvalue weighted by molar-refractivity contribution is 0.609. The molecule has 2 rings (SSSR count). The summed E-state index contributed by atoms with van der Waals surface area (Å²) < 4.78 is 26.1. The van der Waals surface area contributed by atoms with E-state index in [2.05, 4.69) is 14.9 Å². The second kappa shape index (κ2) is 6.11. The normalized spacial score (nSPS) is 11.9. The van der Waals surface area contributed by atoms with Crippen molar-refractivity contribution in [3.8, 4) is 0 Å². The molecule has 20 heavy (non-hydrogen) atoms. The van der Waals surface area contributed by atoms with Crippen molar-refractivity contribution in [2.75, 3.05) is 4.72 Å². The number of nitrogens with zero attached hydrogens (tertiary/aromatic N) is 1. The van der Waals surface area contributed by atoms with Crippen LogP contribution < -0.4 is 4.72 Å². The van der Waals surface area contributed by atoms with Gasteiger partial charge in [-0.3, -0.25) is 9.82 Å². The standard InChI is InChI=1S/C13H14ClN3O2S/c1-2-12-9-13(16-15-12)17-20(18,19)8-7-10-3-5-11(14)6-4-10/h3-9H,2H2,1H3,(H2,15,16,17)/b8-7+. The number of nitrogens with one attached hydrogen (secondary N) is 2. The van der Waals surface area contributed by atoms with Crippen LogP contribution in [0.25, 0.3) is 6.08 Å². The number of hydrogen-bond donors (Lipinski definition) is 2. The van der Waals surface area contributed by atoms with E-state index in [1.54, 1.807) is 30.3 Å². The first kappa shape index (κ1) is 14.6. The maximum atomic E-state index is 11.9. The third kappa shape index (κ3) is 4.11. The van der Waals surface area contributed by atoms with Crippen LogP contribution in [-0.4, -0.2) is 18.6 Å². The van der Waals surface area contributed by atoms with E-state index in [9.17, 15) is 8.42 Å². The summed E-state index contributed by atoms with van der Waals surface area (Å²) in [6.45, 7) is 1.95. The topological polar surface area (TPSA) is 74.8 Å². The van der Waals surface area contributed by atoms with Gasteiger partial charge in [-0.05, 0) is 30.2 Å². The predicted octanol–water partition coefficient (Wildman–Crippen LogP) is 3.04. The summed E-state index contributed by atoms with van der Waals surface area (Å²) in [5.41, 5.74) is 1.61. The molecule has 5 nitrogen and oxygen atoms in total. The molecule has 0 atom stereocenters. The Labute approximate surface area is 122 Å². The van der Waals surface area contributed by atoms with Crippen molar-refractivity contribution in [3.63, 3.8) is 0 Å². The highest BCUT2D eigenvalue weighted by Gasteiger charge is 2.08. The fourth-order valence-corrected chi connectivity index (χ4v) is 2.44. The molecule has 0 fully saturated rings. The molecule has 1 heterocycles. The number of sulfonamides is 1. The zero-order valence-corrected chi connectivity index (χ0v) is 12.4. The number of aryl methyl sites for hydroxylation is 1. The Kier molecular flexibility index (Phi) is 4.46. The quantitative estimate of drug-likeness (QED) is 0.891. The Morgan fingerprint density at radius 3 is 2.65 bits per heavy atom. The zero-order valence-electron chi connectivity index (χ0n) is 10.8. The number of hydrogen-bond acceptors (Lipinski definition) is 3. The molecular weight excluding hydrogens is 298 g/mol. The van der Waals surface area contributed by atoms with Crippen LogP contribution in [0.4, 0.5) is 5.82 Å². The summed E-state index contributed by atoms with van der Waals surface area (Å²) in [5.74, 6) is 0.280. The van der Waals surface area contributed by atoms with Crippen LogP contribution in [-0.2, 0) is 16.4 Å². The van der Waals surface area contributed by atoms with E-state index in [4.69, 9.17) is 11.6 Å². The van der Waals surface area contributed by atoms with Gasteiger partial charge < -0.3 is 0 Å². The van der Waals surface area contributed by atoms with Crippen molar-refractivity contribution in [2.45, 2.75) is 13.3 Å². The molecule has 0 aliphatic heterocycles. The van der Waals surface area contributed by atoms with Crippen LogP contribution in [0, 0.1) is 0 Å². The molecule has 106 valence electrons. The molecule has 0 aliphatic carbocycles. The van der Waals surface area contributed by atoms with Crippen LogP contribution in [0.15, 0.2) is 35.7 Å². The van der Waals surface area contributed by atoms with E-state index in [0.717, 1.165) is 23.1 Å². The number of aromatic nitrogens is 2. The Morgan fingerprint density at radius 2 is 2.05 bits per heavy atom. The highest BCUT2D eigenvalue weighted by atomic mass is 35.5. The smallest absolute Gasteiger partial charge is 0.256 e. The maximum Gasteiger partial charge on any atom is 0.256 e. The van der Waals surface area contributed by atoms with E-state index in [0.29, 0.717) is 5.02 Å². The maximum absolute atomic E-state index is 11.9. The predicted molar refractivity (Wildman–Crippen MR) is 81.0 cm³/mol. The number of rotatable bonds is 5. The summed E-state index contributed by atoms with van der Waals surface area (Å²) in [7, 11) is -3.58. The molecule has 0 amide bonds. The Balaban J connectivity index is 2.08. The number of benzene rings is 1. The molecule has 0 saturated carbocycles. The lowest BCUT2D eigenvalue weighted by Gasteiger charge is -1.99. The van der Waals surface area contributed by atoms with Gasteiger partial charge in [-0.15, -0.1) is 0 Å². The molecular formula is C13H14ClN3O2S. The van der Waals surface area contributed by atoms with Gasteiger partial charge in [0, 0.05) is 16.8 Å². The second-order valence-corrected chi connectivity index (χ2v) is 6.14. The molecule has 0 bridgehead atoms. The average Bonchev–Trinajstić information content (AvgIpc) is 2.85. The molecule has 2 N–H and O–H groups in total. The minimum absolute atomic E-state index is 0.280. The molecule has 1 aromatic carbocycles. The summed E-state index contributed by atoms with van der Waals surface area (Å²) >= 11 is 5.76. The highest BCUT2D eigenvalue weighted by molar-refractivity contribution is 7.95. The van der Waals surface area contributed by atoms with E-state index >= 15 is 0 Å². The van der Waals surface area contributed by atoms with Crippen LogP contribution in [0.2, 0.25) is 5.02 Å². The molecule has 0 aliphatic rings. The Morgan fingerprint density at radius 1 is 1.35 bits per heavy atom. The first-order chi connectivity index (χ1) is 9.48. The molecule has 1 aromatic heterocycles. The second-order valence-electron chi connectivity index (χ2n) is 4.13. The molecule has 0 spiro atoms. The Hall–Kier alpha value is -1.79. The molecule has 2 aromatic rings. The summed E-state index contributed by atoms with van der Waals surface area (Å²) in [5, 5.41) is 8.31. The van der Waals surface area contributed by atoms with E-state index in [-0.39, 0.29) is 5.82 Å². The SMILES string of the molecule is CCc1cc(NS(=O)(=O)/C=C/c2ccc(Cl)cc2)n[nH]1. The first-order valence-electron chi connectivity index (χ1n) is 5.99. The van der Waals surface area contributed by atoms with Crippen molar-refractivity contribution >= 4 is 33.5 Å². The third-order valence-corrected chi connectivity index (χ3v) is 3.81. The van der Waals surface area contributed by atoms with Crippen LogP contribution in [0.3, 0.4) is 0 Å². The molecule has 0 unspecified atom stereocenters. The minimum atomic E-state index is -3.58. The van der Waals surface area contributed by atoms with Crippen LogP contribution in [0.5, 0.6) is 0 Å². The number of anilines is 1. The van der Waals surface area contributed by atoms with Gasteiger partial charge in [-0.2, -0.15) is 5.10 Å². The number of H-pyrrole nitrogens is 1. The Bertz CT molecular complexity index is 705. The van der Waals surface area contributed by atoms with E-state index in [1.807, 2.05) is 6.92 Å². The molecule has 0 radical (unpaired) electrons. The third-order valence-electron chi connectivity index (χ3n) is 2.57. The van der Waals surface area contributed by atoms with Crippen molar-refractivity contribution in [1.82, 2.24) is 10.2 Å². The van der Waals surface area contributed by atoms with Crippen molar-refractivity contribution in [2.24, 2.45) is 0 Å². The van der Waals surface area contributed by atoms with Crippen LogP contribution >= 0.6 is 11.6 Å². The zero-order chi connectivity index (χ0) is 14.6. The van der Waals surface area contributed by atoms with Gasteiger partial charge >= 0.3 is 0 Å².